The molecule has 190 valence electrons. The first-order valence-corrected chi connectivity index (χ1v) is 12.3. The van der Waals surface area contributed by atoms with Crippen molar-refractivity contribution in [1.29, 1.82) is 0 Å². The average Bonchev–Trinajstić information content (AvgIpc) is 3.51. The number of carbonyl (C=O) groups excluding carboxylic acids is 3. The summed E-state index contributed by atoms with van der Waals surface area (Å²) in [5.74, 6) is -1.65. The molecule has 1 aromatic rings. The summed E-state index contributed by atoms with van der Waals surface area (Å²) in [7, 11) is 0. The molecule has 0 aromatic heterocycles. The summed E-state index contributed by atoms with van der Waals surface area (Å²) >= 11 is 0. The molecule has 9 nitrogen and oxygen atoms in total. The molecule has 3 fully saturated rings. The Morgan fingerprint density at radius 2 is 1.77 bits per heavy atom. The predicted octanol–water partition coefficient (Wildman–Crippen LogP) is 3.18. The van der Waals surface area contributed by atoms with Gasteiger partial charge in [-0.2, -0.15) is 0 Å². The average molecular weight is 486 g/mol. The van der Waals surface area contributed by atoms with Crippen LogP contribution in [0.1, 0.15) is 59.3 Å². The molecular weight excluding hydrogens is 450 g/mol. The molecule has 9 heteroatoms. The van der Waals surface area contributed by atoms with Gasteiger partial charge < -0.3 is 25.0 Å². The van der Waals surface area contributed by atoms with Gasteiger partial charge in [0.1, 0.15) is 18.2 Å². The van der Waals surface area contributed by atoms with Crippen molar-refractivity contribution in [3.8, 4) is 0 Å². The third-order valence-electron chi connectivity index (χ3n) is 7.42. The number of rotatable bonds is 5. The number of carboxylic acid groups (broad SMARTS) is 1. The van der Waals surface area contributed by atoms with E-state index in [1.807, 2.05) is 51.1 Å². The highest BCUT2D eigenvalue weighted by atomic mass is 16.6. The molecule has 1 aromatic carbocycles. The summed E-state index contributed by atoms with van der Waals surface area (Å²) in [4.78, 5) is 54.5. The standard InChI is InChI=1S/C26H35N3O6/c1-25(2,3)21(27-24(34)35-18-11-7-8-12-18)22(31)29-16-26(13-19(29)23(32)33)14-20(30)28(15-26)17-9-5-4-6-10-17/h4-6,9-10,18-19,21H,7-8,11-16H2,1-3H3,(H,27,34)(H,32,33)/t19-,21+,26-/m0/s1. The second-order valence-corrected chi connectivity index (χ2v) is 11.3. The highest BCUT2D eigenvalue weighted by Gasteiger charge is 2.56. The highest BCUT2D eigenvalue weighted by molar-refractivity contribution is 5.97. The Bertz CT molecular complexity index is 985. The first-order valence-electron chi connectivity index (χ1n) is 12.3. The minimum atomic E-state index is -1.11. The van der Waals surface area contributed by atoms with Gasteiger partial charge in [-0.05, 0) is 49.7 Å². The zero-order valence-electron chi connectivity index (χ0n) is 20.7. The van der Waals surface area contributed by atoms with E-state index in [2.05, 4.69) is 5.32 Å². The van der Waals surface area contributed by atoms with Crippen molar-refractivity contribution in [3.05, 3.63) is 30.3 Å². The maximum Gasteiger partial charge on any atom is 0.408 e. The van der Waals surface area contributed by atoms with Crippen molar-refractivity contribution >= 4 is 29.6 Å². The zero-order valence-corrected chi connectivity index (χ0v) is 20.7. The highest BCUT2D eigenvalue weighted by Crippen LogP contribution is 2.45. The van der Waals surface area contributed by atoms with Crippen molar-refractivity contribution in [1.82, 2.24) is 10.2 Å². The zero-order chi connectivity index (χ0) is 25.4. The molecule has 3 aliphatic rings. The fraction of sp³-hybridized carbons (Fsp3) is 0.615. The minimum Gasteiger partial charge on any atom is -0.480 e. The van der Waals surface area contributed by atoms with Crippen LogP contribution < -0.4 is 10.2 Å². The number of carbonyl (C=O) groups is 4. The predicted molar refractivity (Wildman–Crippen MR) is 129 cm³/mol. The SMILES string of the molecule is CC(C)(C)[C@H](NC(=O)OC1CCCC1)C(=O)N1C[C@]2(CC(=O)N(c3ccccc3)C2)C[C@H]1C(=O)O. The van der Waals surface area contributed by atoms with Gasteiger partial charge in [-0.25, -0.2) is 9.59 Å². The lowest BCUT2D eigenvalue weighted by Gasteiger charge is -2.35. The lowest BCUT2D eigenvalue weighted by molar-refractivity contribution is -0.150. The molecule has 2 saturated heterocycles. The number of hydrogen-bond donors (Lipinski definition) is 2. The molecular formula is C26H35N3O6. The fourth-order valence-corrected chi connectivity index (χ4v) is 5.61. The molecule has 1 spiro atoms. The molecule has 2 heterocycles. The topological polar surface area (TPSA) is 116 Å². The molecule has 1 aliphatic carbocycles. The van der Waals surface area contributed by atoms with Gasteiger partial charge in [0.05, 0.1) is 0 Å². The smallest absolute Gasteiger partial charge is 0.408 e. The second-order valence-electron chi connectivity index (χ2n) is 11.3. The molecule has 4 rings (SSSR count). The monoisotopic (exact) mass is 485 g/mol. The quantitative estimate of drug-likeness (QED) is 0.662. The molecule has 3 atom stereocenters. The van der Waals surface area contributed by atoms with E-state index in [1.165, 1.54) is 4.90 Å². The number of hydrogen-bond acceptors (Lipinski definition) is 5. The summed E-state index contributed by atoms with van der Waals surface area (Å²) in [5, 5.41) is 12.7. The van der Waals surface area contributed by atoms with E-state index in [-0.39, 0.29) is 31.4 Å². The Balaban J connectivity index is 1.53. The number of amides is 3. The van der Waals surface area contributed by atoms with Crippen molar-refractivity contribution in [2.24, 2.45) is 10.8 Å². The number of ether oxygens (including phenoxy) is 1. The largest absolute Gasteiger partial charge is 0.480 e. The molecule has 2 aliphatic heterocycles. The van der Waals surface area contributed by atoms with E-state index >= 15 is 0 Å². The molecule has 2 N–H and O–H groups in total. The molecule has 1 saturated carbocycles. The van der Waals surface area contributed by atoms with Crippen LogP contribution in [0.3, 0.4) is 0 Å². The number of carboxylic acids is 1. The maximum absolute atomic E-state index is 13.7. The molecule has 35 heavy (non-hydrogen) atoms. The van der Waals surface area contributed by atoms with E-state index in [0.29, 0.717) is 6.54 Å². The van der Waals surface area contributed by atoms with Crippen LogP contribution in [0.15, 0.2) is 30.3 Å². The van der Waals surface area contributed by atoms with Gasteiger partial charge in [0.15, 0.2) is 0 Å². The second kappa shape index (κ2) is 9.51. The number of aliphatic carboxylic acids is 1. The lowest BCUT2D eigenvalue weighted by atomic mass is 9.84. The number of alkyl carbamates (subject to hydrolysis) is 1. The maximum atomic E-state index is 13.7. The van der Waals surface area contributed by atoms with Gasteiger partial charge in [-0.1, -0.05) is 39.0 Å². The Kier molecular flexibility index (Phi) is 6.79. The van der Waals surface area contributed by atoms with Crippen molar-refractivity contribution in [2.45, 2.75) is 77.5 Å². The summed E-state index contributed by atoms with van der Waals surface area (Å²) in [6.45, 7) is 5.96. The number of nitrogens with zero attached hydrogens (tertiary/aromatic N) is 2. The molecule has 0 unspecified atom stereocenters. The Labute approximate surface area is 205 Å². The van der Waals surface area contributed by atoms with E-state index in [4.69, 9.17) is 4.74 Å². The number of anilines is 1. The van der Waals surface area contributed by atoms with E-state index < -0.39 is 40.9 Å². The van der Waals surface area contributed by atoms with Gasteiger partial charge in [0.2, 0.25) is 11.8 Å². The summed E-state index contributed by atoms with van der Waals surface area (Å²) in [5.41, 5.74) is -0.570. The van der Waals surface area contributed by atoms with E-state index in [9.17, 15) is 24.3 Å². The third kappa shape index (κ3) is 5.28. The summed E-state index contributed by atoms with van der Waals surface area (Å²) in [6, 6.07) is 7.23. The Morgan fingerprint density at radius 3 is 2.37 bits per heavy atom. The normalized spacial score (nSPS) is 25.8. The van der Waals surface area contributed by atoms with Crippen LogP contribution in [0.5, 0.6) is 0 Å². The van der Waals surface area contributed by atoms with Crippen LogP contribution in [-0.4, -0.2) is 65.2 Å². The van der Waals surface area contributed by atoms with Gasteiger partial charge in [0, 0.05) is 30.6 Å². The van der Waals surface area contributed by atoms with Gasteiger partial charge >= 0.3 is 12.1 Å². The van der Waals surface area contributed by atoms with E-state index in [1.54, 1.807) is 4.90 Å². The fourth-order valence-electron chi connectivity index (χ4n) is 5.61. The third-order valence-corrected chi connectivity index (χ3v) is 7.42. The summed E-state index contributed by atoms with van der Waals surface area (Å²) in [6.07, 6.45) is 3.19. The van der Waals surface area contributed by atoms with Crippen LogP contribution in [0.2, 0.25) is 0 Å². The lowest BCUT2D eigenvalue weighted by Crippen LogP contribution is -2.57. The van der Waals surface area contributed by atoms with Crippen molar-refractivity contribution in [2.75, 3.05) is 18.0 Å². The van der Waals surface area contributed by atoms with Crippen LogP contribution in [0.25, 0.3) is 0 Å². The van der Waals surface area contributed by atoms with Crippen LogP contribution in [-0.2, 0) is 19.1 Å². The summed E-state index contributed by atoms with van der Waals surface area (Å²) < 4.78 is 5.51. The van der Waals surface area contributed by atoms with Gasteiger partial charge in [0.25, 0.3) is 0 Å². The minimum absolute atomic E-state index is 0.0831. The first-order chi connectivity index (χ1) is 16.5. The van der Waals surface area contributed by atoms with Gasteiger partial charge in [-0.15, -0.1) is 0 Å². The van der Waals surface area contributed by atoms with E-state index in [0.717, 1.165) is 31.4 Å². The number of likely N-dealkylation sites (tertiary alicyclic amines) is 1. The van der Waals surface area contributed by atoms with Crippen molar-refractivity contribution < 1.29 is 29.0 Å². The molecule has 3 amide bonds. The molecule has 0 bridgehead atoms. The van der Waals surface area contributed by atoms with Crippen LogP contribution in [0, 0.1) is 10.8 Å². The Morgan fingerprint density at radius 1 is 1.11 bits per heavy atom. The number of benzene rings is 1. The van der Waals surface area contributed by atoms with Crippen LogP contribution in [0.4, 0.5) is 10.5 Å². The Hall–Kier alpha value is -3.10. The van der Waals surface area contributed by atoms with Crippen LogP contribution >= 0.6 is 0 Å². The number of nitrogens with one attached hydrogen (secondary N) is 1. The van der Waals surface area contributed by atoms with Crippen molar-refractivity contribution in [3.63, 3.8) is 0 Å². The first kappa shape index (κ1) is 25.0. The number of para-hydroxylation sites is 1. The van der Waals surface area contributed by atoms with Gasteiger partial charge in [-0.3, -0.25) is 9.59 Å². The molecule has 0 radical (unpaired) electrons.